The molecule has 5 nitrogen and oxygen atoms in total. The maximum absolute atomic E-state index is 12.7. The van der Waals surface area contributed by atoms with Gasteiger partial charge in [0.25, 0.3) is 0 Å². The number of hydrogen-bond acceptors (Lipinski definition) is 4. The number of nitrogens with one attached hydrogen (secondary N) is 1. The van der Waals surface area contributed by atoms with Crippen LogP contribution >= 0.6 is 11.6 Å². The van der Waals surface area contributed by atoms with E-state index in [4.69, 9.17) is 11.6 Å². The van der Waals surface area contributed by atoms with E-state index in [1.807, 2.05) is 31.2 Å². The highest BCUT2D eigenvalue weighted by Gasteiger charge is 2.26. The van der Waals surface area contributed by atoms with Crippen molar-refractivity contribution in [3.63, 3.8) is 0 Å². The molecule has 0 bridgehead atoms. The molecule has 2 aromatic rings. The molecule has 2 aromatic carbocycles. The van der Waals surface area contributed by atoms with Gasteiger partial charge in [0, 0.05) is 23.7 Å². The molecule has 0 unspecified atom stereocenters. The molecule has 1 fully saturated rings. The Kier molecular flexibility index (Phi) is 6.98. The number of piperidine rings is 1. The van der Waals surface area contributed by atoms with Crippen LogP contribution in [0.4, 0.5) is 0 Å². The number of likely N-dealkylation sites (tertiary alicyclic amines) is 1. The number of nitrogens with zero attached hydrogens (tertiary/aromatic N) is 1. The Morgan fingerprint density at radius 3 is 2.24 bits per heavy atom. The number of sulfone groups is 1. The Balaban J connectivity index is 1.49. The molecule has 1 N–H and O–H groups in total. The molecule has 1 saturated heterocycles. The van der Waals surface area contributed by atoms with Crippen LogP contribution in [-0.4, -0.2) is 38.6 Å². The molecule has 1 aliphatic heterocycles. The molecule has 0 aliphatic carbocycles. The summed E-state index contributed by atoms with van der Waals surface area (Å²) in [4.78, 5) is 15.3. The Labute approximate surface area is 178 Å². The van der Waals surface area contributed by atoms with Crippen molar-refractivity contribution >= 4 is 27.3 Å². The van der Waals surface area contributed by atoms with E-state index in [9.17, 15) is 13.2 Å². The maximum atomic E-state index is 12.7. The van der Waals surface area contributed by atoms with Crippen molar-refractivity contribution in [2.75, 3.05) is 19.3 Å². The van der Waals surface area contributed by atoms with Gasteiger partial charge in [0.2, 0.25) is 5.91 Å². The molecule has 1 heterocycles. The van der Waals surface area contributed by atoms with E-state index in [1.165, 1.54) is 11.8 Å². The van der Waals surface area contributed by atoms with Crippen molar-refractivity contribution in [1.82, 2.24) is 10.2 Å². The Bertz CT molecular complexity index is 935. The van der Waals surface area contributed by atoms with Crippen LogP contribution in [0.25, 0.3) is 0 Å². The highest BCUT2D eigenvalue weighted by molar-refractivity contribution is 7.90. The van der Waals surface area contributed by atoms with E-state index in [1.54, 1.807) is 24.3 Å². The summed E-state index contributed by atoms with van der Waals surface area (Å²) in [5.41, 5.74) is 2.12. The standard InChI is InChI=1S/C22H27ClN2O3S/c1-16(18-5-9-21(10-6-18)29(2,27)28)24-22(26)19-11-13-25(14-12-19)15-17-3-7-20(23)8-4-17/h3-10,16,19H,11-15H2,1-2H3,(H,24,26)/t16-/m1/s1. The van der Waals surface area contributed by atoms with Crippen LogP contribution in [0.2, 0.25) is 5.02 Å². The Hall–Kier alpha value is -1.89. The van der Waals surface area contributed by atoms with E-state index in [2.05, 4.69) is 10.2 Å². The number of halogens is 1. The lowest BCUT2D eigenvalue weighted by molar-refractivity contribution is -0.127. The van der Waals surface area contributed by atoms with Crippen molar-refractivity contribution in [2.45, 2.75) is 37.2 Å². The third-order valence-corrected chi connectivity index (χ3v) is 6.83. The van der Waals surface area contributed by atoms with E-state index in [-0.39, 0.29) is 22.8 Å². The van der Waals surface area contributed by atoms with Gasteiger partial charge in [-0.3, -0.25) is 9.69 Å². The first-order chi connectivity index (χ1) is 13.7. The molecule has 0 saturated carbocycles. The predicted molar refractivity (Wildman–Crippen MR) is 116 cm³/mol. The van der Waals surface area contributed by atoms with Gasteiger partial charge in [-0.15, -0.1) is 0 Å². The first kappa shape index (κ1) is 21.8. The van der Waals surface area contributed by atoms with Gasteiger partial charge in [-0.2, -0.15) is 0 Å². The van der Waals surface area contributed by atoms with E-state index in [0.717, 1.165) is 43.1 Å². The number of carbonyl (C=O) groups excluding carboxylic acids is 1. The summed E-state index contributed by atoms with van der Waals surface area (Å²) in [5, 5.41) is 3.81. The van der Waals surface area contributed by atoms with Crippen LogP contribution < -0.4 is 5.32 Å². The summed E-state index contributed by atoms with van der Waals surface area (Å²) in [5.74, 6) is 0.0741. The van der Waals surface area contributed by atoms with Gasteiger partial charge in [-0.05, 0) is 68.2 Å². The zero-order valence-electron chi connectivity index (χ0n) is 16.8. The summed E-state index contributed by atoms with van der Waals surface area (Å²) in [6, 6.07) is 14.4. The van der Waals surface area contributed by atoms with E-state index < -0.39 is 9.84 Å². The number of hydrogen-bond donors (Lipinski definition) is 1. The molecular weight excluding hydrogens is 408 g/mol. The van der Waals surface area contributed by atoms with Crippen molar-refractivity contribution in [3.05, 3.63) is 64.7 Å². The zero-order valence-corrected chi connectivity index (χ0v) is 18.3. The molecule has 1 atom stereocenters. The highest BCUT2D eigenvalue weighted by Crippen LogP contribution is 2.22. The summed E-state index contributed by atoms with van der Waals surface area (Å²) < 4.78 is 23.2. The predicted octanol–water partition coefficient (Wildman–Crippen LogP) is 3.83. The lowest BCUT2D eigenvalue weighted by Crippen LogP contribution is -2.40. The molecule has 156 valence electrons. The van der Waals surface area contributed by atoms with Crippen LogP contribution in [0.3, 0.4) is 0 Å². The molecule has 0 aromatic heterocycles. The molecule has 29 heavy (non-hydrogen) atoms. The van der Waals surface area contributed by atoms with Gasteiger partial charge in [0.1, 0.15) is 0 Å². The fraction of sp³-hybridized carbons (Fsp3) is 0.409. The first-order valence-electron chi connectivity index (χ1n) is 9.79. The summed E-state index contributed by atoms with van der Waals surface area (Å²) in [7, 11) is -3.21. The van der Waals surface area contributed by atoms with Gasteiger partial charge in [0.05, 0.1) is 10.9 Å². The fourth-order valence-electron chi connectivity index (χ4n) is 3.62. The molecule has 3 rings (SSSR count). The van der Waals surface area contributed by atoms with Crippen LogP contribution in [0, 0.1) is 5.92 Å². The summed E-state index contributed by atoms with van der Waals surface area (Å²) in [6.07, 6.45) is 2.85. The van der Waals surface area contributed by atoms with Gasteiger partial charge in [-0.25, -0.2) is 8.42 Å². The largest absolute Gasteiger partial charge is 0.349 e. The Morgan fingerprint density at radius 1 is 1.10 bits per heavy atom. The minimum Gasteiger partial charge on any atom is -0.349 e. The second kappa shape index (κ2) is 9.28. The molecule has 1 amide bonds. The molecular formula is C22H27ClN2O3S. The lowest BCUT2D eigenvalue weighted by Gasteiger charge is -2.32. The molecule has 0 spiro atoms. The quantitative estimate of drug-likeness (QED) is 0.750. The second-order valence-electron chi connectivity index (χ2n) is 7.75. The smallest absolute Gasteiger partial charge is 0.223 e. The van der Waals surface area contributed by atoms with Crippen molar-refractivity contribution < 1.29 is 13.2 Å². The maximum Gasteiger partial charge on any atom is 0.223 e. The monoisotopic (exact) mass is 434 g/mol. The second-order valence-corrected chi connectivity index (χ2v) is 10.2. The van der Waals surface area contributed by atoms with Crippen molar-refractivity contribution in [3.8, 4) is 0 Å². The topological polar surface area (TPSA) is 66.5 Å². The average Bonchev–Trinajstić information content (AvgIpc) is 2.69. The molecule has 7 heteroatoms. The van der Waals surface area contributed by atoms with Crippen LogP contribution in [0.15, 0.2) is 53.4 Å². The third kappa shape index (κ3) is 6.04. The normalized spacial score (nSPS) is 17.1. The van der Waals surface area contributed by atoms with Gasteiger partial charge >= 0.3 is 0 Å². The van der Waals surface area contributed by atoms with Crippen molar-refractivity contribution in [1.29, 1.82) is 0 Å². The number of carbonyl (C=O) groups is 1. The number of benzene rings is 2. The van der Waals surface area contributed by atoms with Gasteiger partial charge in [0.15, 0.2) is 9.84 Å². The lowest BCUT2D eigenvalue weighted by atomic mass is 9.95. The van der Waals surface area contributed by atoms with Crippen LogP contribution in [-0.2, 0) is 21.2 Å². The van der Waals surface area contributed by atoms with Crippen molar-refractivity contribution in [2.24, 2.45) is 5.92 Å². The first-order valence-corrected chi connectivity index (χ1v) is 12.1. The van der Waals surface area contributed by atoms with Crippen LogP contribution in [0.5, 0.6) is 0 Å². The fourth-order valence-corrected chi connectivity index (χ4v) is 4.38. The Morgan fingerprint density at radius 2 is 1.69 bits per heavy atom. The molecule has 1 aliphatic rings. The SMILES string of the molecule is C[C@@H](NC(=O)C1CCN(Cc2ccc(Cl)cc2)CC1)c1ccc(S(C)(=O)=O)cc1. The van der Waals surface area contributed by atoms with E-state index >= 15 is 0 Å². The van der Waals surface area contributed by atoms with E-state index in [0.29, 0.717) is 0 Å². The minimum atomic E-state index is -3.21. The summed E-state index contributed by atoms with van der Waals surface area (Å²) >= 11 is 5.94. The zero-order chi connectivity index (χ0) is 21.0. The number of amides is 1. The van der Waals surface area contributed by atoms with Gasteiger partial charge in [-0.1, -0.05) is 35.9 Å². The summed E-state index contributed by atoms with van der Waals surface area (Å²) in [6.45, 7) is 4.56. The average molecular weight is 435 g/mol. The van der Waals surface area contributed by atoms with Crippen LogP contribution in [0.1, 0.15) is 36.9 Å². The number of rotatable bonds is 6. The minimum absolute atomic E-state index is 0.00853. The molecule has 0 radical (unpaired) electrons. The third-order valence-electron chi connectivity index (χ3n) is 5.44. The highest BCUT2D eigenvalue weighted by atomic mass is 35.5. The van der Waals surface area contributed by atoms with Gasteiger partial charge < -0.3 is 5.32 Å².